The van der Waals surface area contributed by atoms with Crippen LogP contribution in [-0.4, -0.2) is 19.5 Å². The predicted molar refractivity (Wildman–Crippen MR) is 235 cm³/mol. The highest BCUT2D eigenvalue weighted by molar-refractivity contribution is 7.26. The average molecular weight is 735 g/mol. The molecule has 0 amide bonds. The first-order valence-electron chi connectivity index (χ1n) is 19.0. The monoisotopic (exact) mass is 734 g/mol. The molecule has 11 rings (SSSR count). The number of hydrogen-bond acceptors (Lipinski definition) is 4. The molecular formula is C51H34N4S. The van der Waals surface area contributed by atoms with Gasteiger partial charge in [0.1, 0.15) is 0 Å². The van der Waals surface area contributed by atoms with Gasteiger partial charge in [-0.15, -0.1) is 11.3 Å². The lowest BCUT2D eigenvalue weighted by atomic mass is 9.95. The smallest absolute Gasteiger partial charge is 0.164 e. The van der Waals surface area contributed by atoms with Gasteiger partial charge in [-0.2, -0.15) is 0 Å². The molecule has 1 aliphatic rings. The van der Waals surface area contributed by atoms with Gasteiger partial charge in [-0.05, 0) is 59.0 Å². The zero-order valence-electron chi connectivity index (χ0n) is 30.4. The zero-order chi connectivity index (χ0) is 37.0. The van der Waals surface area contributed by atoms with Crippen molar-refractivity contribution in [2.75, 3.05) is 0 Å². The zero-order valence-corrected chi connectivity index (χ0v) is 31.2. The molecule has 0 N–H and O–H groups in total. The summed E-state index contributed by atoms with van der Waals surface area (Å²) in [5.74, 6) is 1.97. The Morgan fingerprint density at radius 2 is 1.07 bits per heavy atom. The molecule has 56 heavy (non-hydrogen) atoms. The Bertz CT molecular complexity index is 3110. The second-order valence-corrected chi connectivity index (χ2v) is 15.4. The van der Waals surface area contributed by atoms with Gasteiger partial charge in [0.25, 0.3) is 0 Å². The molecule has 0 saturated carbocycles. The van der Waals surface area contributed by atoms with Crippen LogP contribution in [0.15, 0.2) is 188 Å². The van der Waals surface area contributed by atoms with Crippen LogP contribution in [0.5, 0.6) is 0 Å². The van der Waals surface area contributed by atoms with E-state index in [2.05, 4.69) is 132 Å². The Labute approximate surface area is 328 Å². The van der Waals surface area contributed by atoms with E-state index in [9.17, 15) is 0 Å². The Morgan fingerprint density at radius 3 is 1.86 bits per heavy atom. The molecule has 0 bridgehead atoms. The van der Waals surface area contributed by atoms with E-state index in [1.807, 2.05) is 72.0 Å². The summed E-state index contributed by atoms with van der Waals surface area (Å²) in [5, 5.41) is 5.21. The van der Waals surface area contributed by atoms with Crippen molar-refractivity contribution in [2.45, 2.75) is 12.5 Å². The minimum absolute atomic E-state index is 0.143. The second kappa shape index (κ2) is 13.4. The van der Waals surface area contributed by atoms with Gasteiger partial charge in [-0.1, -0.05) is 158 Å². The number of hydrogen-bond donors (Lipinski definition) is 0. The van der Waals surface area contributed by atoms with E-state index in [4.69, 9.17) is 15.0 Å². The summed E-state index contributed by atoms with van der Waals surface area (Å²) in [6.07, 6.45) is 7.91. The fraction of sp³-hybridized carbons (Fsp3) is 0.0392. The van der Waals surface area contributed by atoms with Gasteiger partial charge in [0.15, 0.2) is 17.5 Å². The lowest BCUT2D eigenvalue weighted by Crippen LogP contribution is -2.08. The number of fused-ring (bicyclic) bond motifs is 6. The molecule has 0 spiro atoms. The van der Waals surface area contributed by atoms with Crippen molar-refractivity contribution >= 4 is 58.9 Å². The highest BCUT2D eigenvalue weighted by atomic mass is 32.1. The van der Waals surface area contributed by atoms with Crippen LogP contribution in [0.2, 0.25) is 0 Å². The lowest BCUT2D eigenvalue weighted by molar-refractivity contribution is 0.650. The molecule has 4 nitrogen and oxygen atoms in total. The molecule has 264 valence electrons. The molecule has 5 heteroatoms. The Balaban J connectivity index is 0.996. The molecule has 7 aromatic carbocycles. The molecule has 1 atom stereocenters. The van der Waals surface area contributed by atoms with Gasteiger partial charge in [0, 0.05) is 58.7 Å². The summed E-state index contributed by atoms with van der Waals surface area (Å²) in [6, 6.07) is 60.4. The van der Waals surface area contributed by atoms with E-state index in [1.165, 1.54) is 58.7 Å². The van der Waals surface area contributed by atoms with Gasteiger partial charge in [0.05, 0.1) is 6.04 Å². The minimum atomic E-state index is 0.143. The Morgan fingerprint density at radius 1 is 0.464 bits per heavy atom. The maximum absolute atomic E-state index is 5.00. The molecule has 10 aromatic rings. The maximum atomic E-state index is 5.00. The molecule has 0 saturated heterocycles. The SMILES string of the molecule is C1=CC(c2cccc(-c3nc(-c4ccccc4)nc(-c4ccccc4)n3)c2)=CC(n2c3ccccc3c3cc(-c4cccc5c4sc4ccccc45)ccc32)C1. The largest absolute Gasteiger partial charge is 0.333 e. The van der Waals surface area contributed by atoms with E-state index in [-0.39, 0.29) is 6.04 Å². The molecule has 1 aliphatic carbocycles. The third-order valence-electron chi connectivity index (χ3n) is 11.0. The van der Waals surface area contributed by atoms with Crippen LogP contribution < -0.4 is 0 Å². The van der Waals surface area contributed by atoms with Crippen LogP contribution in [0.4, 0.5) is 0 Å². The van der Waals surface area contributed by atoms with Crippen LogP contribution >= 0.6 is 11.3 Å². The molecule has 3 aromatic heterocycles. The fourth-order valence-electron chi connectivity index (χ4n) is 8.32. The van der Waals surface area contributed by atoms with Crippen molar-refractivity contribution in [2.24, 2.45) is 0 Å². The third-order valence-corrected chi connectivity index (χ3v) is 12.2. The molecule has 0 fully saturated rings. The summed E-state index contributed by atoms with van der Waals surface area (Å²) in [5.41, 5.74) is 10.2. The van der Waals surface area contributed by atoms with Gasteiger partial charge in [-0.3, -0.25) is 0 Å². The molecule has 0 radical (unpaired) electrons. The summed E-state index contributed by atoms with van der Waals surface area (Å²) in [6.45, 7) is 0. The number of thiophene rings is 1. The Hall–Kier alpha value is -6.95. The van der Waals surface area contributed by atoms with Crippen molar-refractivity contribution in [3.63, 3.8) is 0 Å². The molecule has 0 aliphatic heterocycles. The first-order valence-corrected chi connectivity index (χ1v) is 19.9. The summed E-state index contributed by atoms with van der Waals surface area (Å²) in [7, 11) is 0. The summed E-state index contributed by atoms with van der Waals surface area (Å²) >= 11 is 1.89. The molecule has 3 heterocycles. The predicted octanol–water partition coefficient (Wildman–Crippen LogP) is 13.6. The number of para-hydroxylation sites is 1. The van der Waals surface area contributed by atoms with E-state index in [0.717, 1.165) is 28.7 Å². The average Bonchev–Trinajstić information content (AvgIpc) is 3.83. The van der Waals surface area contributed by atoms with E-state index in [1.54, 1.807) is 0 Å². The molecular weight excluding hydrogens is 701 g/mol. The van der Waals surface area contributed by atoms with E-state index < -0.39 is 0 Å². The number of allylic oxidation sites excluding steroid dienone is 4. The Kier molecular flexibility index (Phi) is 7.78. The normalized spacial score (nSPS) is 14.2. The van der Waals surface area contributed by atoms with Crippen molar-refractivity contribution in [1.82, 2.24) is 19.5 Å². The lowest BCUT2D eigenvalue weighted by Gasteiger charge is -2.21. The topological polar surface area (TPSA) is 43.6 Å². The highest BCUT2D eigenvalue weighted by Gasteiger charge is 2.21. The fourth-order valence-corrected chi connectivity index (χ4v) is 9.55. The summed E-state index contributed by atoms with van der Waals surface area (Å²) < 4.78 is 5.20. The van der Waals surface area contributed by atoms with Gasteiger partial charge < -0.3 is 4.57 Å². The second-order valence-electron chi connectivity index (χ2n) is 14.3. The minimum Gasteiger partial charge on any atom is -0.333 e. The van der Waals surface area contributed by atoms with Crippen LogP contribution in [0.3, 0.4) is 0 Å². The first kappa shape index (κ1) is 32.5. The molecule has 1 unspecified atom stereocenters. The van der Waals surface area contributed by atoms with Crippen LogP contribution in [0.1, 0.15) is 18.0 Å². The third kappa shape index (κ3) is 5.55. The van der Waals surface area contributed by atoms with E-state index in [0.29, 0.717) is 17.5 Å². The van der Waals surface area contributed by atoms with Gasteiger partial charge in [0.2, 0.25) is 0 Å². The van der Waals surface area contributed by atoms with Gasteiger partial charge in [-0.25, -0.2) is 15.0 Å². The highest BCUT2D eigenvalue weighted by Crippen LogP contribution is 2.43. The van der Waals surface area contributed by atoms with Crippen LogP contribution in [0, 0.1) is 0 Å². The number of rotatable bonds is 6. The first-order chi connectivity index (χ1) is 27.7. The summed E-state index contributed by atoms with van der Waals surface area (Å²) in [4.78, 5) is 14.9. The van der Waals surface area contributed by atoms with Crippen LogP contribution in [0.25, 0.3) is 92.8 Å². The quantitative estimate of drug-likeness (QED) is 0.171. The van der Waals surface area contributed by atoms with E-state index >= 15 is 0 Å². The van der Waals surface area contributed by atoms with Crippen molar-refractivity contribution in [1.29, 1.82) is 0 Å². The van der Waals surface area contributed by atoms with Crippen molar-refractivity contribution in [3.05, 3.63) is 194 Å². The number of benzene rings is 7. The van der Waals surface area contributed by atoms with Crippen molar-refractivity contribution < 1.29 is 0 Å². The van der Waals surface area contributed by atoms with Gasteiger partial charge >= 0.3 is 0 Å². The van der Waals surface area contributed by atoms with Crippen molar-refractivity contribution in [3.8, 4) is 45.3 Å². The standard InChI is InChI=1S/C51H34N4S/c1-3-14-33(15-4-1)49-52-50(34-16-5-2-6-17-34)54-51(53-49)38-20-11-18-35(30-38)36-19-12-21-39(31-36)55-45-26-9-7-22-41(45)44-32-37(28-29-46(44)55)40-24-13-25-43-42-23-8-10-27-47(42)56-48(40)43/h1-20,22-32,39H,21H2. The number of nitrogens with zero attached hydrogens (tertiary/aromatic N) is 4. The maximum Gasteiger partial charge on any atom is 0.164 e. The van der Waals surface area contributed by atoms with Crippen LogP contribution in [-0.2, 0) is 0 Å². The number of aromatic nitrogens is 4.